The summed E-state index contributed by atoms with van der Waals surface area (Å²) in [5.41, 5.74) is -0.426. The number of carbonyl (C=O) groups excluding carboxylic acids is 1. The van der Waals surface area contributed by atoms with Crippen LogP contribution < -0.4 is 5.32 Å². The van der Waals surface area contributed by atoms with E-state index in [4.69, 9.17) is 5.11 Å². The van der Waals surface area contributed by atoms with Gasteiger partial charge in [-0.2, -0.15) is 0 Å². The van der Waals surface area contributed by atoms with Crippen LogP contribution in [-0.2, 0) is 4.79 Å². The number of carbonyl (C=O) groups is 2. The number of carboxylic acid groups (broad SMARTS) is 1. The van der Waals surface area contributed by atoms with Gasteiger partial charge in [-0.15, -0.1) is 0 Å². The third-order valence-electron chi connectivity index (χ3n) is 3.69. The van der Waals surface area contributed by atoms with Crippen LogP contribution in [-0.4, -0.2) is 40.6 Å². The van der Waals surface area contributed by atoms with E-state index in [9.17, 15) is 9.59 Å². The monoisotopic (exact) mass is 226 g/mol. The van der Waals surface area contributed by atoms with Crippen molar-refractivity contribution in [1.29, 1.82) is 0 Å². The molecule has 0 atom stereocenters. The van der Waals surface area contributed by atoms with Crippen molar-refractivity contribution >= 4 is 12.0 Å². The summed E-state index contributed by atoms with van der Waals surface area (Å²) in [6, 6.07) is -0.0943. The first-order valence-electron chi connectivity index (χ1n) is 5.91. The number of rotatable bonds is 3. The van der Waals surface area contributed by atoms with Gasteiger partial charge in [0.05, 0.1) is 12.0 Å². The Balaban J connectivity index is 2.18. The fourth-order valence-electron chi connectivity index (χ4n) is 2.96. The number of urea groups is 1. The number of hydrogen-bond acceptors (Lipinski definition) is 2. The number of nitrogens with zero attached hydrogens (tertiary/aromatic N) is 1. The molecular weight excluding hydrogens is 208 g/mol. The van der Waals surface area contributed by atoms with Gasteiger partial charge >= 0.3 is 12.0 Å². The zero-order valence-corrected chi connectivity index (χ0v) is 9.37. The molecule has 0 aromatic rings. The van der Waals surface area contributed by atoms with E-state index < -0.39 is 11.5 Å². The van der Waals surface area contributed by atoms with Crippen LogP contribution in [0.15, 0.2) is 0 Å². The van der Waals surface area contributed by atoms with Crippen LogP contribution in [0.2, 0.25) is 0 Å². The molecule has 1 aliphatic carbocycles. The van der Waals surface area contributed by atoms with E-state index >= 15 is 0 Å². The smallest absolute Gasteiger partial charge is 0.318 e. The maximum Gasteiger partial charge on any atom is 0.318 e. The fraction of sp³-hybridized carbons (Fsp3) is 0.818. The molecule has 0 radical (unpaired) electrons. The lowest BCUT2D eigenvalue weighted by atomic mass is 9.78. The Bertz CT molecular complexity index is 298. The summed E-state index contributed by atoms with van der Waals surface area (Å²) in [5.74, 6) is -0.804. The molecule has 2 N–H and O–H groups in total. The van der Waals surface area contributed by atoms with Gasteiger partial charge in [-0.3, -0.25) is 4.79 Å². The van der Waals surface area contributed by atoms with E-state index in [1.165, 1.54) is 0 Å². The van der Waals surface area contributed by atoms with Gasteiger partial charge in [-0.1, -0.05) is 19.3 Å². The van der Waals surface area contributed by atoms with E-state index in [0.717, 1.165) is 32.1 Å². The molecule has 1 saturated carbocycles. The minimum atomic E-state index is -0.804. The Hall–Kier alpha value is -1.26. The topological polar surface area (TPSA) is 69.6 Å². The van der Waals surface area contributed by atoms with Crippen LogP contribution in [0.4, 0.5) is 4.79 Å². The maximum absolute atomic E-state index is 11.7. The second kappa shape index (κ2) is 4.31. The van der Waals surface area contributed by atoms with Gasteiger partial charge in [0, 0.05) is 13.1 Å². The Morgan fingerprint density at radius 1 is 1.38 bits per heavy atom. The molecule has 0 aromatic heterocycles. The van der Waals surface area contributed by atoms with Crippen LogP contribution in [0.3, 0.4) is 0 Å². The van der Waals surface area contributed by atoms with E-state index in [1.807, 2.05) is 0 Å². The zero-order valence-electron chi connectivity index (χ0n) is 9.37. The maximum atomic E-state index is 11.7. The molecule has 2 amide bonds. The van der Waals surface area contributed by atoms with Crippen molar-refractivity contribution in [2.45, 2.75) is 44.1 Å². The lowest BCUT2D eigenvalue weighted by molar-refractivity contribution is -0.140. The average Bonchev–Trinajstić information content (AvgIpc) is 2.65. The summed E-state index contributed by atoms with van der Waals surface area (Å²) in [6.07, 6.45) is 4.94. The number of nitrogens with one attached hydrogen (secondary N) is 1. The van der Waals surface area contributed by atoms with Crippen molar-refractivity contribution in [3.8, 4) is 0 Å². The molecule has 0 spiro atoms. The Kier molecular flexibility index (Phi) is 3.03. The largest absolute Gasteiger partial charge is 0.481 e. The van der Waals surface area contributed by atoms with Gasteiger partial charge in [0.15, 0.2) is 0 Å². The lowest BCUT2D eigenvalue weighted by Gasteiger charge is -2.43. The molecule has 0 aromatic carbocycles. The molecule has 5 nitrogen and oxygen atoms in total. The minimum absolute atomic E-state index is 0.0837. The summed E-state index contributed by atoms with van der Waals surface area (Å²) >= 11 is 0. The standard InChI is InChI=1S/C11H18N2O3/c14-9(15)8-11(4-2-1-3-5-11)13-7-6-12-10(13)16/h1-8H2,(H,12,16)(H,14,15). The molecule has 90 valence electrons. The number of amides is 2. The van der Waals surface area contributed by atoms with Gasteiger partial charge in [-0.25, -0.2) is 4.79 Å². The van der Waals surface area contributed by atoms with Crippen LogP contribution in [0.25, 0.3) is 0 Å². The van der Waals surface area contributed by atoms with Gasteiger partial charge in [0.1, 0.15) is 0 Å². The predicted molar refractivity (Wildman–Crippen MR) is 58.2 cm³/mol. The van der Waals surface area contributed by atoms with E-state index in [2.05, 4.69) is 5.32 Å². The van der Waals surface area contributed by atoms with Crippen molar-refractivity contribution in [1.82, 2.24) is 10.2 Å². The van der Waals surface area contributed by atoms with Gasteiger partial charge in [-0.05, 0) is 12.8 Å². The van der Waals surface area contributed by atoms with E-state index in [-0.39, 0.29) is 12.5 Å². The second-order valence-electron chi connectivity index (χ2n) is 4.74. The number of aliphatic carboxylic acids is 1. The average molecular weight is 226 g/mol. The molecule has 2 aliphatic rings. The Labute approximate surface area is 94.8 Å². The lowest BCUT2D eigenvalue weighted by Crippen LogP contribution is -2.52. The summed E-state index contributed by atoms with van der Waals surface area (Å²) in [7, 11) is 0. The second-order valence-corrected chi connectivity index (χ2v) is 4.74. The van der Waals surface area contributed by atoms with Crippen LogP contribution in [0.1, 0.15) is 38.5 Å². The van der Waals surface area contributed by atoms with Crippen molar-refractivity contribution in [2.75, 3.05) is 13.1 Å². The SMILES string of the molecule is O=C(O)CC1(N2CCNC2=O)CCCCC1. The first-order chi connectivity index (χ1) is 7.64. The van der Waals surface area contributed by atoms with E-state index in [1.54, 1.807) is 4.90 Å². The quantitative estimate of drug-likeness (QED) is 0.759. The molecule has 0 bridgehead atoms. The highest BCUT2D eigenvalue weighted by molar-refractivity contribution is 5.78. The Morgan fingerprint density at radius 2 is 2.06 bits per heavy atom. The molecule has 5 heteroatoms. The van der Waals surface area contributed by atoms with Gasteiger partial charge in [0.2, 0.25) is 0 Å². The first kappa shape index (κ1) is 11.2. The van der Waals surface area contributed by atoms with E-state index in [0.29, 0.717) is 13.1 Å². The van der Waals surface area contributed by atoms with Crippen LogP contribution in [0, 0.1) is 0 Å². The summed E-state index contributed by atoms with van der Waals surface area (Å²) in [4.78, 5) is 24.4. The fourth-order valence-corrected chi connectivity index (χ4v) is 2.96. The van der Waals surface area contributed by atoms with Gasteiger partial charge in [0.25, 0.3) is 0 Å². The molecule has 1 heterocycles. The van der Waals surface area contributed by atoms with Gasteiger partial charge < -0.3 is 15.3 Å². The highest BCUT2D eigenvalue weighted by Gasteiger charge is 2.43. The number of carboxylic acids is 1. The Morgan fingerprint density at radius 3 is 2.56 bits per heavy atom. The molecule has 0 unspecified atom stereocenters. The molecule has 16 heavy (non-hydrogen) atoms. The van der Waals surface area contributed by atoms with Crippen molar-refractivity contribution in [3.05, 3.63) is 0 Å². The summed E-state index contributed by atoms with van der Waals surface area (Å²) in [5, 5.41) is 11.8. The highest BCUT2D eigenvalue weighted by Crippen LogP contribution is 2.37. The normalized spacial score (nSPS) is 24.2. The minimum Gasteiger partial charge on any atom is -0.481 e. The first-order valence-corrected chi connectivity index (χ1v) is 5.91. The van der Waals surface area contributed by atoms with Crippen molar-refractivity contribution < 1.29 is 14.7 Å². The van der Waals surface area contributed by atoms with Crippen molar-refractivity contribution in [3.63, 3.8) is 0 Å². The zero-order chi connectivity index (χ0) is 11.6. The molecule has 2 rings (SSSR count). The third-order valence-corrected chi connectivity index (χ3v) is 3.69. The van der Waals surface area contributed by atoms with Crippen LogP contribution in [0.5, 0.6) is 0 Å². The molecule has 2 fully saturated rings. The summed E-state index contributed by atoms with van der Waals surface area (Å²) in [6.45, 7) is 1.28. The third kappa shape index (κ3) is 1.99. The molecular formula is C11H18N2O3. The molecule has 1 aliphatic heterocycles. The molecule has 1 saturated heterocycles. The predicted octanol–water partition coefficient (Wildman–Crippen LogP) is 1.19. The summed E-state index contributed by atoms with van der Waals surface area (Å²) < 4.78 is 0. The van der Waals surface area contributed by atoms with Crippen molar-refractivity contribution in [2.24, 2.45) is 0 Å². The highest BCUT2D eigenvalue weighted by atomic mass is 16.4. The number of hydrogen-bond donors (Lipinski definition) is 2. The van der Waals surface area contributed by atoms with Crippen LogP contribution >= 0.6 is 0 Å².